The first-order valence-corrected chi connectivity index (χ1v) is 9.39. The van der Waals surface area contributed by atoms with Crippen LogP contribution < -0.4 is 0 Å². The maximum atomic E-state index is 10.6. The lowest BCUT2D eigenvalue weighted by atomic mass is 9.95. The van der Waals surface area contributed by atoms with Gasteiger partial charge in [-0.05, 0) is 36.8 Å². The molecule has 0 saturated carbocycles. The van der Waals surface area contributed by atoms with Gasteiger partial charge < -0.3 is 5.11 Å². The van der Waals surface area contributed by atoms with Gasteiger partial charge in [0.25, 0.3) is 0 Å². The first-order valence-electron chi connectivity index (χ1n) is 9.39. The molecule has 0 radical (unpaired) electrons. The van der Waals surface area contributed by atoms with Gasteiger partial charge >= 0.3 is 0 Å². The van der Waals surface area contributed by atoms with E-state index in [0.29, 0.717) is 6.42 Å². The quantitative estimate of drug-likeness (QED) is 0.393. The van der Waals surface area contributed by atoms with Crippen LogP contribution in [0.5, 0.6) is 0 Å². The molecule has 1 N–H and O–H groups in total. The number of benzene rings is 2. The van der Waals surface area contributed by atoms with Gasteiger partial charge in [-0.2, -0.15) is 0 Å². The fourth-order valence-corrected chi connectivity index (χ4v) is 2.90. The van der Waals surface area contributed by atoms with Crippen LogP contribution >= 0.6 is 0 Å². The Morgan fingerprint density at radius 1 is 0.960 bits per heavy atom. The highest BCUT2D eigenvalue weighted by atomic mass is 16.3. The fourth-order valence-electron chi connectivity index (χ4n) is 2.90. The smallest absolute Gasteiger partial charge is 0.0827 e. The number of aliphatic hydroxyl groups excluding tert-OH is 1. The van der Waals surface area contributed by atoms with Gasteiger partial charge in [0.1, 0.15) is 0 Å². The van der Waals surface area contributed by atoms with Crippen LogP contribution in [0.1, 0.15) is 56.3 Å². The molecule has 1 unspecified atom stereocenters. The average molecular weight is 335 g/mol. The molecular weight excluding hydrogens is 304 g/mol. The summed E-state index contributed by atoms with van der Waals surface area (Å²) in [5.74, 6) is 0. The van der Waals surface area contributed by atoms with E-state index < -0.39 is 6.10 Å². The van der Waals surface area contributed by atoms with Crippen molar-refractivity contribution >= 4 is 0 Å². The molecule has 2 aromatic carbocycles. The molecule has 0 bridgehead atoms. The van der Waals surface area contributed by atoms with Crippen LogP contribution in [0.3, 0.4) is 0 Å². The highest BCUT2D eigenvalue weighted by Crippen LogP contribution is 2.23. The summed E-state index contributed by atoms with van der Waals surface area (Å²) >= 11 is 0. The Balaban J connectivity index is 2.01. The second-order valence-corrected chi connectivity index (χ2v) is 6.50. The van der Waals surface area contributed by atoms with Gasteiger partial charge in [0.05, 0.1) is 6.10 Å². The molecule has 0 aliphatic rings. The third-order valence-corrected chi connectivity index (χ3v) is 4.35. The van der Waals surface area contributed by atoms with Crippen molar-refractivity contribution in [1.82, 2.24) is 0 Å². The third-order valence-electron chi connectivity index (χ3n) is 4.35. The van der Waals surface area contributed by atoms with Crippen molar-refractivity contribution in [3.05, 3.63) is 95.6 Å². The van der Waals surface area contributed by atoms with Gasteiger partial charge in [0, 0.05) is 0 Å². The normalized spacial score (nSPS) is 13.3. The molecular formula is C24H30O. The molecule has 2 rings (SSSR count). The number of rotatable bonds is 10. The van der Waals surface area contributed by atoms with Crippen molar-refractivity contribution in [2.24, 2.45) is 0 Å². The van der Waals surface area contributed by atoms with Gasteiger partial charge in [-0.3, -0.25) is 0 Å². The standard InChI is InChI=1S/C24H30O/c1-2-3-4-5-6-9-16-22(19-21-14-10-7-11-15-21)20-24(25)23-17-12-8-13-18-23/h5-8,10-18,24-25H,2-4,9,19-20H2,1H3/b6-5+,22-16+. The molecule has 0 fully saturated rings. The minimum Gasteiger partial charge on any atom is -0.388 e. The Bertz CT molecular complexity index is 640. The van der Waals surface area contributed by atoms with E-state index in [2.05, 4.69) is 49.4 Å². The summed E-state index contributed by atoms with van der Waals surface area (Å²) in [5.41, 5.74) is 3.58. The topological polar surface area (TPSA) is 20.2 Å². The lowest BCUT2D eigenvalue weighted by molar-refractivity contribution is 0.177. The van der Waals surface area contributed by atoms with Gasteiger partial charge in [-0.1, -0.05) is 104 Å². The van der Waals surface area contributed by atoms with Crippen LogP contribution in [0.15, 0.2) is 84.5 Å². The molecule has 0 aliphatic heterocycles. The highest BCUT2D eigenvalue weighted by Gasteiger charge is 2.10. The van der Waals surface area contributed by atoms with Crippen molar-refractivity contribution in [3.63, 3.8) is 0 Å². The van der Waals surface area contributed by atoms with E-state index >= 15 is 0 Å². The van der Waals surface area contributed by atoms with Crippen LogP contribution in [0.4, 0.5) is 0 Å². The summed E-state index contributed by atoms with van der Waals surface area (Å²) < 4.78 is 0. The zero-order valence-corrected chi connectivity index (χ0v) is 15.3. The van der Waals surface area contributed by atoms with Crippen LogP contribution in [0, 0.1) is 0 Å². The van der Waals surface area contributed by atoms with Crippen molar-refractivity contribution in [1.29, 1.82) is 0 Å². The predicted molar refractivity (Wildman–Crippen MR) is 108 cm³/mol. The Morgan fingerprint density at radius 2 is 1.64 bits per heavy atom. The first-order chi connectivity index (χ1) is 12.3. The molecule has 0 spiro atoms. The van der Waals surface area contributed by atoms with Crippen molar-refractivity contribution < 1.29 is 5.11 Å². The van der Waals surface area contributed by atoms with Crippen molar-refractivity contribution in [2.45, 2.75) is 51.6 Å². The van der Waals surface area contributed by atoms with E-state index in [-0.39, 0.29) is 0 Å². The lowest BCUT2D eigenvalue weighted by Crippen LogP contribution is -2.01. The molecule has 0 aliphatic carbocycles. The second kappa shape index (κ2) is 11.4. The highest BCUT2D eigenvalue weighted by molar-refractivity contribution is 5.25. The maximum Gasteiger partial charge on any atom is 0.0827 e. The van der Waals surface area contributed by atoms with Gasteiger partial charge in [-0.25, -0.2) is 0 Å². The largest absolute Gasteiger partial charge is 0.388 e. The number of unbranched alkanes of at least 4 members (excludes halogenated alkanes) is 2. The fraction of sp³-hybridized carbons (Fsp3) is 0.333. The molecule has 0 amide bonds. The molecule has 0 heterocycles. The van der Waals surface area contributed by atoms with Crippen molar-refractivity contribution in [3.8, 4) is 0 Å². The van der Waals surface area contributed by atoms with E-state index in [1.807, 2.05) is 36.4 Å². The van der Waals surface area contributed by atoms with Gasteiger partial charge in [0.15, 0.2) is 0 Å². The summed E-state index contributed by atoms with van der Waals surface area (Å²) in [6.45, 7) is 2.22. The molecule has 132 valence electrons. The van der Waals surface area contributed by atoms with E-state index in [1.165, 1.54) is 24.0 Å². The predicted octanol–water partition coefficient (Wildman–Crippen LogP) is 6.42. The van der Waals surface area contributed by atoms with E-state index in [9.17, 15) is 5.11 Å². The summed E-state index contributed by atoms with van der Waals surface area (Å²) in [6, 6.07) is 20.4. The number of hydrogen-bond donors (Lipinski definition) is 1. The van der Waals surface area contributed by atoms with Crippen LogP contribution in [-0.4, -0.2) is 5.11 Å². The summed E-state index contributed by atoms with van der Waals surface area (Å²) in [7, 11) is 0. The first kappa shape index (κ1) is 19.2. The molecule has 1 atom stereocenters. The maximum absolute atomic E-state index is 10.6. The van der Waals surface area contributed by atoms with E-state index in [0.717, 1.165) is 24.8 Å². The average Bonchev–Trinajstić information content (AvgIpc) is 2.66. The molecule has 0 aromatic heterocycles. The van der Waals surface area contributed by atoms with Gasteiger partial charge in [-0.15, -0.1) is 0 Å². The molecule has 1 nitrogen and oxygen atoms in total. The molecule has 1 heteroatoms. The molecule has 0 saturated heterocycles. The van der Waals surface area contributed by atoms with E-state index in [4.69, 9.17) is 0 Å². The number of allylic oxidation sites excluding steroid dienone is 3. The number of hydrogen-bond acceptors (Lipinski definition) is 1. The monoisotopic (exact) mass is 334 g/mol. The lowest BCUT2D eigenvalue weighted by Gasteiger charge is -2.14. The Labute approximate surface area is 152 Å². The summed E-state index contributed by atoms with van der Waals surface area (Å²) in [4.78, 5) is 0. The zero-order chi connectivity index (χ0) is 17.7. The minimum atomic E-state index is -0.444. The SMILES string of the molecule is CCCC/C=C/C/C=C(\Cc1ccccc1)CC(O)c1ccccc1. The Hall–Kier alpha value is -2.12. The number of aliphatic hydroxyl groups is 1. The zero-order valence-electron chi connectivity index (χ0n) is 15.3. The minimum absolute atomic E-state index is 0.444. The Morgan fingerprint density at radius 3 is 2.32 bits per heavy atom. The van der Waals surface area contributed by atoms with Crippen LogP contribution in [-0.2, 0) is 6.42 Å². The third kappa shape index (κ3) is 7.53. The van der Waals surface area contributed by atoms with Crippen molar-refractivity contribution in [2.75, 3.05) is 0 Å². The van der Waals surface area contributed by atoms with Gasteiger partial charge in [0.2, 0.25) is 0 Å². The van der Waals surface area contributed by atoms with E-state index in [1.54, 1.807) is 0 Å². The summed E-state index contributed by atoms with van der Waals surface area (Å²) in [6.07, 6.45) is 12.5. The van der Waals surface area contributed by atoms with Crippen LogP contribution in [0.2, 0.25) is 0 Å². The second-order valence-electron chi connectivity index (χ2n) is 6.50. The molecule has 25 heavy (non-hydrogen) atoms. The summed E-state index contributed by atoms with van der Waals surface area (Å²) in [5, 5.41) is 10.6. The Kier molecular flexibility index (Phi) is 8.79. The van der Waals surface area contributed by atoms with Crippen LogP contribution in [0.25, 0.3) is 0 Å². The molecule has 2 aromatic rings.